The zero-order valence-electron chi connectivity index (χ0n) is 62.8. The van der Waals surface area contributed by atoms with Crippen molar-refractivity contribution in [2.75, 3.05) is 47.5 Å². The molecule has 548 valence electrons. The zero-order chi connectivity index (χ0) is 67.6. The number of hydrogen-bond acceptors (Lipinski definition) is 7. The maximum absolute atomic E-state index is 12.9. The van der Waals surface area contributed by atoms with Crippen molar-refractivity contribution in [3.8, 4) is 0 Å². The first-order chi connectivity index (χ1) is 45.5. The molecule has 0 bridgehead atoms. The monoisotopic (exact) mass is 1330 g/mol. The molecule has 0 aromatic rings. The molecule has 0 fully saturated rings. The van der Waals surface area contributed by atoms with Crippen LogP contribution < -0.4 is 0 Å². The summed E-state index contributed by atoms with van der Waals surface area (Å²) in [6.45, 7) is 4.41. The van der Waals surface area contributed by atoms with Gasteiger partial charge in [-0.2, -0.15) is 0 Å². The van der Waals surface area contributed by atoms with Crippen LogP contribution in [-0.2, 0) is 32.7 Å². The second-order valence-electron chi connectivity index (χ2n) is 29.1. The Hall–Kier alpha value is -2.03. The Kier molecular flexibility index (Phi) is 72.6. The highest BCUT2D eigenvalue weighted by Gasteiger charge is 2.27. The summed E-state index contributed by atoms with van der Waals surface area (Å²) in [5.41, 5.74) is 0. The van der Waals surface area contributed by atoms with Gasteiger partial charge in [0.1, 0.15) is 19.8 Å². The number of allylic oxidation sites excluding steroid dienone is 8. The number of likely N-dealkylation sites (N-methyl/N-ethyl adjacent to an activating group) is 1. The maximum Gasteiger partial charge on any atom is 0.472 e. The molecule has 0 saturated carbocycles. The lowest BCUT2D eigenvalue weighted by atomic mass is 10.0. The summed E-state index contributed by atoms with van der Waals surface area (Å²) in [6.07, 6.45) is 98.5. The minimum Gasteiger partial charge on any atom is -0.462 e. The van der Waals surface area contributed by atoms with E-state index in [1.54, 1.807) is 0 Å². The van der Waals surface area contributed by atoms with Crippen LogP contribution in [-0.4, -0.2) is 74.9 Å². The van der Waals surface area contributed by atoms with Crippen LogP contribution in [0.5, 0.6) is 0 Å². The molecule has 0 aromatic carbocycles. The van der Waals surface area contributed by atoms with E-state index in [1.165, 1.54) is 327 Å². The number of hydrogen-bond donors (Lipinski definition) is 1. The molecule has 0 aliphatic rings. The smallest absolute Gasteiger partial charge is 0.462 e. The number of phosphoric ester groups is 1. The molecule has 9 nitrogen and oxygen atoms in total. The molecule has 1 N–H and O–H groups in total. The number of ether oxygens (including phenoxy) is 2. The van der Waals surface area contributed by atoms with Crippen LogP contribution >= 0.6 is 7.82 Å². The largest absolute Gasteiger partial charge is 0.472 e. The SMILES string of the molecule is CC/C=C\C/C=C\C/C=C\C/C=C\CCCCCCCCCCCCCCCCCCCCCCCCCCCCCCC(=O)OC(COC(=O)CCCCCCCCCCCCCCCCCCCCCCCCCCCCCC)COP(=O)(O)OCC[N+](C)(C)C. The van der Waals surface area contributed by atoms with Crippen molar-refractivity contribution in [2.24, 2.45) is 0 Å². The molecule has 0 rings (SSSR count). The lowest BCUT2D eigenvalue weighted by molar-refractivity contribution is -0.870. The summed E-state index contributed by atoms with van der Waals surface area (Å²) >= 11 is 0. The van der Waals surface area contributed by atoms with Crippen LogP contribution in [0.2, 0.25) is 0 Å². The first kappa shape index (κ1) is 91.0. The van der Waals surface area contributed by atoms with E-state index in [-0.39, 0.29) is 25.6 Å². The highest BCUT2D eigenvalue weighted by Crippen LogP contribution is 2.43. The van der Waals surface area contributed by atoms with E-state index in [4.69, 9.17) is 18.5 Å². The van der Waals surface area contributed by atoms with Gasteiger partial charge in [-0.1, -0.05) is 403 Å². The average Bonchev–Trinajstić information content (AvgIpc) is 2.30. The fourth-order valence-electron chi connectivity index (χ4n) is 12.4. The van der Waals surface area contributed by atoms with Crippen molar-refractivity contribution in [1.82, 2.24) is 0 Å². The van der Waals surface area contributed by atoms with E-state index in [0.29, 0.717) is 17.4 Å². The molecule has 0 radical (unpaired) electrons. The zero-order valence-corrected chi connectivity index (χ0v) is 63.7. The lowest BCUT2D eigenvalue weighted by Crippen LogP contribution is -2.37. The van der Waals surface area contributed by atoms with Crippen LogP contribution in [0.15, 0.2) is 48.6 Å². The second-order valence-corrected chi connectivity index (χ2v) is 30.6. The summed E-state index contributed by atoms with van der Waals surface area (Å²) in [5.74, 6) is -0.769. The molecular formula is C83H159NO8P+. The van der Waals surface area contributed by atoms with Crippen LogP contribution in [0.25, 0.3) is 0 Å². The van der Waals surface area contributed by atoms with Crippen LogP contribution in [0.1, 0.15) is 418 Å². The third-order valence-electron chi connectivity index (χ3n) is 18.6. The van der Waals surface area contributed by atoms with E-state index in [1.807, 2.05) is 21.1 Å². The van der Waals surface area contributed by atoms with Gasteiger partial charge < -0.3 is 18.9 Å². The Morgan fingerprint density at radius 2 is 0.613 bits per heavy atom. The third kappa shape index (κ3) is 78.8. The van der Waals surface area contributed by atoms with Crippen LogP contribution in [0.4, 0.5) is 0 Å². The summed E-state index contributed by atoms with van der Waals surface area (Å²) in [4.78, 5) is 36.0. The molecule has 2 atom stereocenters. The predicted octanol–water partition coefficient (Wildman–Crippen LogP) is 27.1. The fraction of sp³-hybridized carbons (Fsp3) is 0.880. The number of unbranched alkanes of at least 4 members (excludes halogenated alkanes) is 55. The van der Waals surface area contributed by atoms with Crippen LogP contribution in [0, 0.1) is 0 Å². The fourth-order valence-corrected chi connectivity index (χ4v) is 13.2. The number of esters is 2. The molecule has 0 amide bonds. The molecule has 0 heterocycles. The number of carbonyl (C=O) groups is 2. The van der Waals surface area contributed by atoms with Crippen molar-refractivity contribution in [2.45, 2.75) is 424 Å². The van der Waals surface area contributed by atoms with Gasteiger partial charge in [0.05, 0.1) is 27.7 Å². The quantitative estimate of drug-likeness (QED) is 0.0211. The van der Waals surface area contributed by atoms with E-state index < -0.39 is 26.5 Å². The molecule has 0 spiro atoms. The molecule has 0 aliphatic heterocycles. The maximum atomic E-state index is 12.9. The number of rotatable bonds is 77. The van der Waals surface area contributed by atoms with Gasteiger partial charge in [-0.05, 0) is 51.4 Å². The Labute approximate surface area is 579 Å². The van der Waals surface area contributed by atoms with E-state index in [2.05, 4.69) is 62.5 Å². The van der Waals surface area contributed by atoms with Crippen molar-refractivity contribution in [3.05, 3.63) is 48.6 Å². The van der Waals surface area contributed by atoms with Crippen molar-refractivity contribution in [1.29, 1.82) is 0 Å². The number of carbonyl (C=O) groups excluding carboxylic acids is 2. The first-order valence-corrected chi connectivity index (χ1v) is 42.4. The third-order valence-corrected chi connectivity index (χ3v) is 19.6. The van der Waals surface area contributed by atoms with Gasteiger partial charge in [-0.15, -0.1) is 0 Å². The van der Waals surface area contributed by atoms with Gasteiger partial charge >= 0.3 is 19.8 Å². The number of phosphoric acid groups is 1. The van der Waals surface area contributed by atoms with E-state index in [0.717, 1.165) is 64.2 Å². The lowest BCUT2D eigenvalue weighted by Gasteiger charge is -2.24. The first-order valence-electron chi connectivity index (χ1n) is 40.9. The Morgan fingerprint density at radius 3 is 0.914 bits per heavy atom. The highest BCUT2D eigenvalue weighted by atomic mass is 31.2. The van der Waals surface area contributed by atoms with Gasteiger partial charge in [0.25, 0.3) is 0 Å². The molecule has 2 unspecified atom stereocenters. The van der Waals surface area contributed by atoms with E-state index in [9.17, 15) is 19.0 Å². The highest BCUT2D eigenvalue weighted by molar-refractivity contribution is 7.47. The molecule has 0 aromatic heterocycles. The van der Waals surface area contributed by atoms with Crippen LogP contribution in [0.3, 0.4) is 0 Å². The Balaban J connectivity index is 3.86. The van der Waals surface area contributed by atoms with Crippen molar-refractivity contribution >= 4 is 19.8 Å². The average molecular weight is 1330 g/mol. The predicted molar refractivity (Wildman–Crippen MR) is 404 cm³/mol. The van der Waals surface area contributed by atoms with Crippen molar-refractivity contribution in [3.63, 3.8) is 0 Å². The molecule has 0 aliphatic carbocycles. The summed E-state index contributed by atoms with van der Waals surface area (Å²) in [5, 5.41) is 0. The minimum absolute atomic E-state index is 0.0358. The van der Waals surface area contributed by atoms with Gasteiger partial charge in [0, 0.05) is 12.8 Å². The van der Waals surface area contributed by atoms with Gasteiger partial charge in [0.15, 0.2) is 6.10 Å². The van der Waals surface area contributed by atoms with Gasteiger partial charge in [0.2, 0.25) is 0 Å². The minimum atomic E-state index is -4.39. The molecule has 93 heavy (non-hydrogen) atoms. The normalized spacial score (nSPS) is 13.2. The Bertz CT molecular complexity index is 1710. The van der Waals surface area contributed by atoms with Crippen molar-refractivity contribution < 1.29 is 42.1 Å². The Morgan fingerprint density at radius 1 is 0.344 bits per heavy atom. The standard InChI is InChI=1S/C83H158NO8P/c1-6-8-10-12-14-16-18-20-22-24-26-28-30-32-34-36-37-38-39-40-41-42-43-44-45-46-47-48-50-52-54-56-58-60-62-64-66-68-70-72-74-76-83(86)92-81(80-91-93(87,88)90-78-77-84(3,4)5)79-89-82(85)75-73-71-69-67-65-63-61-59-57-55-53-51-49-35-33-31-29-27-25-23-21-19-17-15-13-11-9-7-2/h8,10,14,16,20,22,26,28,81H,6-7,9,11-13,15,17-19,21,23-25,27,29-80H2,1-5H3/p+1/b10-8-,16-14-,22-20-,28-26-. The molecular weight excluding hydrogens is 1170 g/mol. The van der Waals surface area contributed by atoms with E-state index >= 15 is 0 Å². The number of quaternary nitrogens is 1. The number of nitrogens with zero attached hydrogens (tertiary/aromatic N) is 1. The molecule has 10 heteroatoms. The summed E-state index contributed by atoms with van der Waals surface area (Å²) < 4.78 is 34.8. The second kappa shape index (κ2) is 74.2. The molecule has 0 saturated heterocycles. The van der Waals surface area contributed by atoms with Gasteiger partial charge in [-0.3, -0.25) is 18.6 Å². The summed E-state index contributed by atoms with van der Waals surface area (Å²) in [6, 6.07) is 0. The van der Waals surface area contributed by atoms with Gasteiger partial charge in [-0.25, -0.2) is 4.57 Å². The summed E-state index contributed by atoms with van der Waals surface area (Å²) in [7, 11) is 1.50. The topological polar surface area (TPSA) is 108 Å².